The van der Waals surface area contributed by atoms with Crippen LogP contribution in [-0.2, 0) is 0 Å². The second-order valence-corrected chi connectivity index (χ2v) is 3.73. The molecule has 0 amide bonds. The number of para-hydroxylation sites is 2. The molecule has 2 aromatic carbocycles. The Morgan fingerprint density at radius 2 is 1.84 bits per heavy atom. The van der Waals surface area contributed by atoms with Crippen LogP contribution in [0.15, 0.2) is 48.5 Å². The van der Waals surface area contributed by atoms with E-state index < -0.39 is 4.92 Å². The predicted octanol–water partition coefficient (Wildman–Crippen LogP) is 2.75. The molecule has 0 aliphatic rings. The van der Waals surface area contributed by atoms with E-state index in [1.165, 1.54) is 24.3 Å². The van der Waals surface area contributed by atoms with Crippen LogP contribution < -0.4 is 10.1 Å². The van der Waals surface area contributed by atoms with E-state index in [0.717, 1.165) is 0 Å². The molecule has 0 aliphatic heterocycles. The van der Waals surface area contributed by atoms with E-state index in [1.54, 1.807) is 24.3 Å². The van der Waals surface area contributed by atoms with Crippen LogP contribution in [0.25, 0.3) is 0 Å². The number of benzene rings is 2. The van der Waals surface area contributed by atoms with E-state index in [1.807, 2.05) is 0 Å². The van der Waals surface area contributed by atoms with E-state index in [9.17, 15) is 15.2 Å². The van der Waals surface area contributed by atoms with Gasteiger partial charge >= 0.3 is 0 Å². The predicted molar refractivity (Wildman–Crippen MR) is 70.3 cm³/mol. The van der Waals surface area contributed by atoms with Crippen molar-refractivity contribution in [2.45, 2.75) is 0 Å². The minimum Gasteiger partial charge on any atom is -0.506 e. The van der Waals surface area contributed by atoms with Gasteiger partial charge < -0.3 is 15.2 Å². The van der Waals surface area contributed by atoms with Gasteiger partial charge in [0.1, 0.15) is 11.5 Å². The second kappa shape index (κ2) is 5.72. The van der Waals surface area contributed by atoms with Crippen molar-refractivity contribution in [3.63, 3.8) is 0 Å². The van der Waals surface area contributed by atoms with E-state index in [-0.39, 0.29) is 18.2 Å². The third-order valence-electron chi connectivity index (χ3n) is 2.45. The number of rotatable bonds is 5. The van der Waals surface area contributed by atoms with Crippen LogP contribution in [0.5, 0.6) is 11.5 Å². The summed E-state index contributed by atoms with van der Waals surface area (Å²) in [5.74, 6) is 0.642. The largest absolute Gasteiger partial charge is 0.506 e. The van der Waals surface area contributed by atoms with Gasteiger partial charge in [-0.3, -0.25) is 10.1 Å². The van der Waals surface area contributed by atoms with Gasteiger partial charge in [-0.05, 0) is 24.3 Å². The lowest BCUT2D eigenvalue weighted by Crippen LogP contribution is -2.08. The molecule has 2 rings (SSSR count). The molecule has 0 heterocycles. The van der Waals surface area contributed by atoms with Gasteiger partial charge in [0, 0.05) is 12.1 Å². The van der Waals surface area contributed by atoms with Gasteiger partial charge in [-0.2, -0.15) is 0 Å². The molecular formula is C13H12N2O4. The highest BCUT2D eigenvalue weighted by Gasteiger charge is 2.04. The Hall–Kier alpha value is -2.76. The highest BCUT2D eigenvalue weighted by molar-refractivity contribution is 5.54. The minimum atomic E-state index is -0.468. The fourth-order valence-electron chi connectivity index (χ4n) is 1.48. The molecule has 0 bridgehead atoms. The Morgan fingerprint density at radius 3 is 2.47 bits per heavy atom. The Bertz CT molecular complexity index is 569. The van der Waals surface area contributed by atoms with Crippen LogP contribution in [-0.4, -0.2) is 16.8 Å². The normalized spacial score (nSPS) is 9.89. The van der Waals surface area contributed by atoms with Crippen molar-refractivity contribution in [1.82, 2.24) is 0 Å². The van der Waals surface area contributed by atoms with Crippen LogP contribution in [0.3, 0.4) is 0 Å². The monoisotopic (exact) mass is 260 g/mol. The number of non-ortho nitro benzene ring substituents is 1. The van der Waals surface area contributed by atoms with Gasteiger partial charge in [0.25, 0.3) is 5.69 Å². The summed E-state index contributed by atoms with van der Waals surface area (Å²) in [7, 11) is 0. The molecule has 0 fully saturated rings. The summed E-state index contributed by atoms with van der Waals surface area (Å²) in [5, 5.41) is 22.9. The standard InChI is InChI=1S/C13H12N2O4/c16-13-4-2-1-3-12(13)14-9-19-11-7-5-10(6-8-11)15(17)18/h1-8,14,16H,9H2. The van der Waals surface area contributed by atoms with E-state index in [2.05, 4.69) is 5.32 Å². The zero-order valence-corrected chi connectivity index (χ0v) is 9.95. The van der Waals surface area contributed by atoms with E-state index in [4.69, 9.17) is 4.74 Å². The van der Waals surface area contributed by atoms with Crippen LogP contribution >= 0.6 is 0 Å². The third kappa shape index (κ3) is 3.35. The molecule has 6 heteroatoms. The molecule has 0 saturated heterocycles. The number of aromatic hydroxyl groups is 1. The number of phenols is 1. The number of ether oxygens (including phenoxy) is 1. The Balaban J connectivity index is 1.89. The summed E-state index contributed by atoms with van der Waals surface area (Å²) in [6.45, 7) is 0.148. The zero-order valence-electron chi connectivity index (χ0n) is 9.95. The number of nitro benzene ring substituents is 1. The molecule has 0 atom stereocenters. The number of hydrogen-bond donors (Lipinski definition) is 2. The highest BCUT2D eigenvalue weighted by atomic mass is 16.6. The van der Waals surface area contributed by atoms with Crippen molar-refractivity contribution in [2.75, 3.05) is 12.0 Å². The fourth-order valence-corrected chi connectivity index (χ4v) is 1.48. The summed E-state index contributed by atoms with van der Waals surface area (Å²) in [6, 6.07) is 12.6. The average molecular weight is 260 g/mol. The number of nitrogens with zero attached hydrogens (tertiary/aromatic N) is 1. The van der Waals surface area contributed by atoms with Crippen molar-refractivity contribution < 1.29 is 14.8 Å². The van der Waals surface area contributed by atoms with Crippen molar-refractivity contribution in [1.29, 1.82) is 0 Å². The lowest BCUT2D eigenvalue weighted by Gasteiger charge is -2.09. The van der Waals surface area contributed by atoms with Crippen LogP contribution in [0.2, 0.25) is 0 Å². The quantitative estimate of drug-likeness (QED) is 0.373. The van der Waals surface area contributed by atoms with Gasteiger partial charge in [0.2, 0.25) is 0 Å². The van der Waals surface area contributed by atoms with Crippen molar-refractivity contribution in [3.8, 4) is 11.5 Å². The van der Waals surface area contributed by atoms with Gasteiger partial charge in [0.05, 0.1) is 10.6 Å². The molecule has 0 radical (unpaired) electrons. The minimum absolute atomic E-state index is 0.0148. The maximum absolute atomic E-state index is 10.5. The first-order chi connectivity index (χ1) is 9.16. The Morgan fingerprint density at radius 1 is 1.16 bits per heavy atom. The lowest BCUT2D eigenvalue weighted by molar-refractivity contribution is -0.384. The van der Waals surface area contributed by atoms with Gasteiger partial charge in [0.15, 0.2) is 6.73 Å². The average Bonchev–Trinajstić information content (AvgIpc) is 2.41. The maximum atomic E-state index is 10.5. The zero-order chi connectivity index (χ0) is 13.7. The fraction of sp³-hybridized carbons (Fsp3) is 0.0769. The molecule has 0 saturated carbocycles. The smallest absolute Gasteiger partial charge is 0.269 e. The molecule has 19 heavy (non-hydrogen) atoms. The summed E-state index contributed by atoms with van der Waals surface area (Å²) in [6.07, 6.45) is 0. The van der Waals surface area contributed by atoms with E-state index >= 15 is 0 Å². The highest BCUT2D eigenvalue weighted by Crippen LogP contribution is 2.22. The van der Waals surface area contributed by atoms with Crippen molar-refractivity contribution >= 4 is 11.4 Å². The first-order valence-corrected chi connectivity index (χ1v) is 5.56. The maximum Gasteiger partial charge on any atom is 0.269 e. The van der Waals surface area contributed by atoms with E-state index in [0.29, 0.717) is 11.4 Å². The molecule has 2 N–H and O–H groups in total. The number of nitrogens with one attached hydrogen (secondary N) is 1. The summed E-state index contributed by atoms with van der Waals surface area (Å²) >= 11 is 0. The third-order valence-corrected chi connectivity index (χ3v) is 2.45. The lowest BCUT2D eigenvalue weighted by atomic mass is 10.3. The van der Waals surface area contributed by atoms with Gasteiger partial charge in [-0.25, -0.2) is 0 Å². The van der Waals surface area contributed by atoms with Gasteiger partial charge in [-0.15, -0.1) is 0 Å². The Kier molecular flexibility index (Phi) is 3.82. The first kappa shape index (κ1) is 12.7. The summed E-state index contributed by atoms with van der Waals surface area (Å²) in [5.41, 5.74) is 0.574. The number of nitro groups is 1. The van der Waals surface area contributed by atoms with Crippen molar-refractivity contribution in [3.05, 3.63) is 58.6 Å². The number of anilines is 1. The Labute approximate surface area is 109 Å². The topological polar surface area (TPSA) is 84.6 Å². The van der Waals surface area contributed by atoms with Crippen LogP contribution in [0.4, 0.5) is 11.4 Å². The van der Waals surface area contributed by atoms with Crippen LogP contribution in [0, 0.1) is 10.1 Å². The summed E-state index contributed by atoms with van der Waals surface area (Å²) in [4.78, 5) is 10.0. The summed E-state index contributed by atoms with van der Waals surface area (Å²) < 4.78 is 5.35. The molecule has 98 valence electrons. The SMILES string of the molecule is O=[N+]([O-])c1ccc(OCNc2ccccc2O)cc1. The van der Waals surface area contributed by atoms with Crippen LogP contribution in [0.1, 0.15) is 0 Å². The van der Waals surface area contributed by atoms with Crippen molar-refractivity contribution in [2.24, 2.45) is 0 Å². The number of phenolic OH excluding ortho intramolecular Hbond substituents is 1. The van der Waals surface area contributed by atoms with Gasteiger partial charge in [-0.1, -0.05) is 12.1 Å². The second-order valence-electron chi connectivity index (χ2n) is 3.73. The molecule has 0 aliphatic carbocycles. The molecule has 6 nitrogen and oxygen atoms in total. The number of hydrogen-bond acceptors (Lipinski definition) is 5. The molecule has 0 spiro atoms. The first-order valence-electron chi connectivity index (χ1n) is 5.56. The molecular weight excluding hydrogens is 248 g/mol. The molecule has 0 unspecified atom stereocenters. The molecule has 2 aromatic rings. The molecule has 0 aromatic heterocycles.